The summed E-state index contributed by atoms with van der Waals surface area (Å²) in [5.41, 5.74) is 21.5. The Bertz CT molecular complexity index is 1740. The summed E-state index contributed by atoms with van der Waals surface area (Å²) in [6, 6.07) is 17.4. The minimum Gasteiger partial charge on any atom is -0.457 e. The van der Waals surface area contributed by atoms with Gasteiger partial charge in [-0.15, -0.1) is 11.3 Å². The number of rotatable bonds is 6. The number of ether oxygens (including phenoxy) is 1. The number of nitriles is 1. The first-order chi connectivity index (χ1) is 20.2. The molecule has 1 amide bonds. The Morgan fingerprint density at radius 3 is 2.40 bits per heavy atom. The van der Waals surface area contributed by atoms with Crippen molar-refractivity contribution in [1.29, 1.82) is 5.26 Å². The molecule has 1 aromatic heterocycles. The van der Waals surface area contributed by atoms with Crippen LogP contribution in [-0.2, 0) is 10.3 Å². The summed E-state index contributed by atoms with van der Waals surface area (Å²) in [5, 5.41) is 15.5. The fourth-order valence-electron chi connectivity index (χ4n) is 6.32. The van der Waals surface area contributed by atoms with Crippen LogP contribution in [0.5, 0.6) is 11.5 Å². The second-order valence-corrected chi connectivity index (χ2v) is 12.1. The third kappa shape index (κ3) is 4.56. The number of anilines is 1. The van der Waals surface area contributed by atoms with Gasteiger partial charge in [-0.3, -0.25) is 9.59 Å². The van der Waals surface area contributed by atoms with Gasteiger partial charge in [0.1, 0.15) is 17.0 Å². The molecule has 2 aliphatic rings. The average Bonchev–Trinajstić information content (AvgIpc) is 3.39. The summed E-state index contributed by atoms with van der Waals surface area (Å²) in [4.78, 5) is 28.2. The van der Waals surface area contributed by atoms with Gasteiger partial charge in [0, 0.05) is 28.7 Å². The van der Waals surface area contributed by atoms with Crippen molar-refractivity contribution in [3.63, 3.8) is 0 Å². The van der Waals surface area contributed by atoms with Gasteiger partial charge < -0.3 is 32.6 Å². The van der Waals surface area contributed by atoms with Crippen molar-refractivity contribution in [2.45, 2.75) is 56.3 Å². The Morgan fingerprint density at radius 1 is 1.02 bits per heavy atom. The maximum absolute atomic E-state index is 14.2. The zero-order valence-electron chi connectivity index (χ0n) is 23.1. The van der Waals surface area contributed by atoms with Gasteiger partial charge in [-0.25, -0.2) is 0 Å². The molecule has 1 fully saturated rings. The summed E-state index contributed by atoms with van der Waals surface area (Å²) in [6.07, 6.45) is 5.07. The predicted molar refractivity (Wildman–Crippen MR) is 163 cm³/mol. The molecule has 0 aliphatic heterocycles. The number of nitrogen functional groups attached to an aromatic ring is 1. The van der Waals surface area contributed by atoms with E-state index < -0.39 is 17.4 Å². The van der Waals surface area contributed by atoms with Gasteiger partial charge in [-0.05, 0) is 79.6 Å². The van der Waals surface area contributed by atoms with E-state index in [-0.39, 0.29) is 18.0 Å². The summed E-state index contributed by atoms with van der Waals surface area (Å²) in [6.45, 7) is 1.89. The molecule has 2 aliphatic carbocycles. The maximum atomic E-state index is 14.2. The number of nitrogens with one attached hydrogen (secondary N) is 2. The molecule has 2 unspecified atom stereocenters. The number of hydrogen-bond acceptors (Lipinski definition) is 9. The number of amides is 1. The van der Waals surface area contributed by atoms with Crippen LogP contribution in [0.4, 0.5) is 5.69 Å². The molecule has 1 heterocycles. The van der Waals surface area contributed by atoms with E-state index in [1.807, 2.05) is 55.6 Å². The maximum Gasteiger partial charge on any atom is 0.261 e. The fraction of sp³-hybridized carbons (Fsp3) is 0.281. The summed E-state index contributed by atoms with van der Waals surface area (Å²) in [7, 11) is 0. The zero-order valence-corrected chi connectivity index (χ0v) is 24.0. The number of carbonyl (C=O) groups is 2. The van der Waals surface area contributed by atoms with Gasteiger partial charge in [-0.2, -0.15) is 5.26 Å². The highest BCUT2D eigenvalue weighted by atomic mass is 32.1. The minimum absolute atomic E-state index is 0.0353. The van der Waals surface area contributed by atoms with Crippen LogP contribution >= 0.6 is 11.3 Å². The normalized spacial score (nSPS) is 23.3. The van der Waals surface area contributed by atoms with Gasteiger partial charge in [0.05, 0.1) is 15.6 Å². The van der Waals surface area contributed by atoms with E-state index in [1.165, 1.54) is 11.3 Å². The first kappa shape index (κ1) is 27.7. The first-order valence-electron chi connectivity index (χ1n) is 14.0. The number of Topliss-reactive ketones (excluding diaryl/α,β-unsaturated/α-hetero) is 1. The number of nitrogens with two attached hydrogens (primary N) is 3. The van der Waals surface area contributed by atoms with Crippen LogP contribution in [0, 0.1) is 18.4 Å². The SMILES string of the molecule is Cc1cc(Oc2ccccc2)ccc1C1(N)C(=O)C(N)c2c(C(=O)NC3CCC(NC#N)CC3)sc3c(N)ccc1c23. The van der Waals surface area contributed by atoms with Gasteiger partial charge in [0.25, 0.3) is 5.91 Å². The van der Waals surface area contributed by atoms with Crippen molar-refractivity contribution in [2.75, 3.05) is 5.73 Å². The van der Waals surface area contributed by atoms with E-state index in [2.05, 4.69) is 10.6 Å². The molecule has 0 bridgehead atoms. The topological polar surface area (TPSA) is 169 Å². The summed E-state index contributed by atoms with van der Waals surface area (Å²) < 4.78 is 6.68. The van der Waals surface area contributed by atoms with E-state index in [0.29, 0.717) is 48.8 Å². The molecule has 9 nitrogen and oxygen atoms in total. The Hall–Kier alpha value is -4.43. The Balaban J connectivity index is 1.38. The fourth-order valence-corrected chi connectivity index (χ4v) is 7.52. The first-order valence-corrected chi connectivity index (χ1v) is 14.8. The summed E-state index contributed by atoms with van der Waals surface area (Å²) >= 11 is 1.24. The lowest BCUT2D eigenvalue weighted by atomic mass is 9.69. The Morgan fingerprint density at radius 2 is 1.71 bits per heavy atom. The number of aryl methyl sites for hydroxylation is 1. The van der Waals surface area contributed by atoms with Crippen molar-refractivity contribution in [2.24, 2.45) is 11.5 Å². The quantitative estimate of drug-likeness (QED) is 0.126. The average molecular weight is 581 g/mol. The highest BCUT2D eigenvalue weighted by molar-refractivity contribution is 7.21. The van der Waals surface area contributed by atoms with Gasteiger partial charge in [0.2, 0.25) is 0 Å². The molecule has 42 heavy (non-hydrogen) atoms. The van der Waals surface area contributed by atoms with E-state index in [1.54, 1.807) is 18.2 Å². The lowest BCUT2D eigenvalue weighted by Crippen LogP contribution is -2.53. The second-order valence-electron chi connectivity index (χ2n) is 11.1. The van der Waals surface area contributed by atoms with Crippen LogP contribution in [0.15, 0.2) is 60.7 Å². The van der Waals surface area contributed by atoms with Gasteiger partial charge in [0.15, 0.2) is 12.0 Å². The number of ketones is 1. The zero-order chi connectivity index (χ0) is 29.6. The monoisotopic (exact) mass is 580 g/mol. The van der Waals surface area contributed by atoms with E-state index in [0.717, 1.165) is 31.2 Å². The minimum atomic E-state index is -1.55. The Kier molecular flexibility index (Phi) is 7.10. The van der Waals surface area contributed by atoms with Crippen molar-refractivity contribution in [1.82, 2.24) is 10.6 Å². The van der Waals surface area contributed by atoms with Crippen LogP contribution in [0.25, 0.3) is 10.1 Å². The number of carbonyl (C=O) groups excluding carboxylic acids is 2. The second kappa shape index (κ2) is 10.8. The molecular weight excluding hydrogens is 548 g/mol. The number of para-hydroxylation sites is 1. The molecule has 10 heteroatoms. The van der Waals surface area contributed by atoms with Gasteiger partial charge >= 0.3 is 0 Å². The van der Waals surface area contributed by atoms with Crippen LogP contribution in [0.3, 0.4) is 0 Å². The highest BCUT2D eigenvalue weighted by Crippen LogP contribution is 2.50. The molecule has 0 radical (unpaired) electrons. The van der Waals surface area contributed by atoms with Crippen molar-refractivity contribution >= 4 is 38.8 Å². The molecule has 8 N–H and O–H groups in total. The van der Waals surface area contributed by atoms with Crippen molar-refractivity contribution in [3.8, 4) is 17.7 Å². The molecule has 3 aromatic carbocycles. The third-order valence-electron chi connectivity index (χ3n) is 8.45. The van der Waals surface area contributed by atoms with Gasteiger partial charge in [-0.1, -0.05) is 30.3 Å². The molecule has 214 valence electrons. The van der Waals surface area contributed by atoms with Crippen molar-refractivity contribution < 1.29 is 14.3 Å². The highest BCUT2D eigenvalue weighted by Gasteiger charge is 2.49. The standard InChI is InChI=1S/C32H32N6O3S/c1-17-15-21(41-20-5-3-2-4-6-20)11-12-22(17)32(36)23-13-14-24(34)28-25(23)26(27(35)30(32)39)29(42-28)31(40)38-19-9-7-18(8-10-19)37-16-33/h2-6,11-15,18-19,27,37H,7-10,34-36H2,1H3,(H,38,40). The predicted octanol–water partition coefficient (Wildman–Crippen LogP) is 4.48. The van der Waals surface area contributed by atoms with E-state index >= 15 is 0 Å². The summed E-state index contributed by atoms with van der Waals surface area (Å²) in [5.74, 6) is 0.647. The molecule has 6 rings (SSSR count). The van der Waals surface area contributed by atoms with E-state index in [9.17, 15) is 9.59 Å². The smallest absolute Gasteiger partial charge is 0.261 e. The molecule has 2 atom stereocenters. The van der Waals surface area contributed by atoms with E-state index in [4.69, 9.17) is 27.2 Å². The van der Waals surface area contributed by atoms with Crippen molar-refractivity contribution in [3.05, 3.63) is 87.8 Å². The third-order valence-corrected chi connectivity index (χ3v) is 9.71. The van der Waals surface area contributed by atoms with Crippen LogP contribution in [-0.4, -0.2) is 23.8 Å². The number of nitrogens with zero attached hydrogens (tertiary/aromatic N) is 1. The Labute approximate surface area is 247 Å². The molecule has 0 spiro atoms. The lowest BCUT2D eigenvalue weighted by molar-refractivity contribution is -0.124. The molecular formula is C32H32N6O3S. The molecule has 4 aromatic rings. The largest absolute Gasteiger partial charge is 0.457 e. The molecule has 1 saturated carbocycles. The van der Waals surface area contributed by atoms with Crippen LogP contribution < -0.4 is 32.6 Å². The number of thiophene rings is 1. The molecule has 0 saturated heterocycles. The number of hydrogen-bond donors (Lipinski definition) is 5. The number of benzene rings is 3. The van der Waals surface area contributed by atoms with Crippen LogP contribution in [0.1, 0.15) is 63.7 Å². The van der Waals surface area contributed by atoms with Crippen LogP contribution in [0.2, 0.25) is 0 Å². The lowest BCUT2D eigenvalue weighted by Gasteiger charge is -2.37.